The van der Waals surface area contributed by atoms with E-state index in [9.17, 15) is 0 Å². The van der Waals surface area contributed by atoms with Crippen molar-refractivity contribution in [2.75, 3.05) is 13.2 Å². The molecule has 0 aromatic carbocycles. The van der Waals surface area contributed by atoms with Crippen molar-refractivity contribution >= 4 is 14.6 Å². The van der Waals surface area contributed by atoms with Gasteiger partial charge in [0.05, 0.1) is 0 Å². The Hall–Kier alpha value is -0.0701. The fourth-order valence-corrected chi connectivity index (χ4v) is 0.498. The molecule has 64 valence electrons. The first-order chi connectivity index (χ1) is 5.20. The first-order valence-corrected chi connectivity index (χ1v) is 3.45. The molecular weight excluding hydrogens is 150 g/mol. The Morgan fingerprint density at radius 2 is 1.55 bits per heavy atom. The molecular formula is C4H12B2O5. The predicted octanol–water partition coefficient (Wildman–Crippen LogP) is -0.970. The molecule has 0 rings (SSSR count). The van der Waals surface area contributed by atoms with Crippen molar-refractivity contribution in [3.63, 3.8) is 0 Å². The summed E-state index contributed by atoms with van der Waals surface area (Å²) in [5, 5.41) is 16.7. The average molecular weight is 162 g/mol. The van der Waals surface area contributed by atoms with E-state index in [1.54, 1.807) is 13.8 Å². The van der Waals surface area contributed by atoms with Gasteiger partial charge in [-0.05, 0) is 13.8 Å². The van der Waals surface area contributed by atoms with Gasteiger partial charge in [0.1, 0.15) is 0 Å². The van der Waals surface area contributed by atoms with Gasteiger partial charge < -0.3 is 23.9 Å². The highest BCUT2D eigenvalue weighted by Gasteiger charge is 2.26. The van der Waals surface area contributed by atoms with Crippen LogP contribution in [-0.4, -0.2) is 37.9 Å². The molecule has 0 saturated heterocycles. The lowest BCUT2D eigenvalue weighted by molar-refractivity contribution is 0.128. The van der Waals surface area contributed by atoms with Gasteiger partial charge in [-0.1, -0.05) is 0 Å². The second-order valence-electron chi connectivity index (χ2n) is 1.66. The summed E-state index contributed by atoms with van der Waals surface area (Å²) in [4.78, 5) is 0. The van der Waals surface area contributed by atoms with E-state index >= 15 is 0 Å². The van der Waals surface area contributed by atoms with Crippen molar-refractivity contribution in [1.29, 1.82) is 0 Å². The smallest absolute Gasteiger partial charge is 0.402 e. The van der Waals surface area contributed by atoms with Crippen LogP contribution in [0.1, 0.15) is 13.8 Å². The van der Waals surface area contributed by atoms with Gasteiger partial charge in [-0.3, -0.25) is 0 Å². The minimum Gasteiger partial charge on any atom is -0.402 e. The molecule has 0 fully saturated rings. The van der Waals surface area contributed by atoms with E-state index < -0.39 is 14.6 Å². The highest BCUT2D eigenvalue weighted by atomic mass is 16.8. The van der Waals surface area contributed by atoms with Crippen LogP contribution >= 0.6 is 0 Å². The third-order valence-electron chi connectivity index (χ3n) is 0.838. The highest BCUT2D eigenvalue weighted by Crippen LogP contribution is 1.92. The first-order valence-electron chi connectivity index (χ1n) is 3.45. The lowest BCUT2D eigenvalue weighted by Crippen LogP contribution is -2.34. The Balaban J connectivity index is 3.50. The summed E-state index contributed by atoms with van der Waals surface area (Å²) in [7, 11) is -2.86. The summed E-state index contributed by atoms with van der Waals surface area (Å²) in [6.07, 6.45) is 0. The third-order valence-corrected chi connectivity index (χ3v) is 0.838. The van der Waals surface area contributed by atoms with E-state index in [1.807, 2.05) is 0 Å². The quantitative estimate of drug-likeness (QED) is 0.491. The molecule has 0 heterocycles. The van der Waals surface area contributed by atoms with E-state index in [0.717, 1.165) is 0 Å². The molecule has 0 radical (unpaired) electrons. The SMILES string of the molecule is CCOB(OCC)OB(O)O. The minimum absolute atomic E-state index is 0.386. The van der Waals surface area contributed by atoms with Crippen LogP contribution in [0.25, 0.3) is 0 Å². The number of rotatable bonds is 6. The fraction of sp³-hybridized carbons (Fsp3) is 1.00. The first kappa shape index (κ1) is 10.9. The van der Waals surface area contributed by atoms with Crippen molar-refractivity contribution in [3.8, 4) is 0 Å². The zero-order valence-electron chi connectivity index (χ0n) is 6.69. The van der Waals surface area contributed by atoms with Crippen LogP contribution in [0.3, 0.4) is 0 Å². The maximum absolute atomic E-state index is 8.35. The van der Waals surface area contributed by atoms with Gasteiger partial charge >= 0.3 is 14.6 Å². The van der Waals surface area contributed by atoms with E-state index in [4.69, 9.17) is 19.4 Å². The molecule has 0 aromatic heterocycles. The summed E-state index contributed by atoms with van der Waals surface area (Å²) in [6.45, 7) is 4.27. The van der Waals surface area contributed by atoms with Crippen LogP contribution in [0.2, 0.25) is 0 Å². The van der Waals surface area contributed by atoms with E-state index in [1.165, 1.54) is 0 Å². The Labute approximate surface area is 66.6 Å². The molecule has 5 nitrogen and oxygen atoms in total. The van der Waals surface area contributed by atoms with Gasteiger partial charge in [0.15, 0.2) is 0 Å². The molecule has 0 aromatic rings. The summed E-state index contributed by atoms with van der Waals surface area (Å²) in [5.74, 6) is 0. The van der Waals surface area contributed by atoms with Crippen molar-refractivity contribution in [2.45, 2.75) is 13.8 Å². The van der Waals surface area contributed by atoms with Crippen molar-refractivity contribution in [2.24, 2.45) is 0 Å². The van der Waals surface area contributed by atoms with Gasteiger partial charge in [-0.2, -0.15) is 0 Å². The van der Waals surface area contributed by atoms with Crippen molar-refractivity contribution in [1.82, 2.24) is 0 Å². The monoisotopic (exact) mass is 162 g/mol. The van der Waals surface area contributed by atoms with Crippen LogP contribution in [0, 0.1) is 0 Å². The molecule has 0 unspecified atom stereocenters. The molecule has 2 N–H and O–H groups in total. The third kappa shape index (κ3) is 6.33. The predicted molar refractivity (Wildman–Crippen MR) is 40.3 cm³/mol. The largest absolute Gasteiger partial charge is 0.627 e. The average Bonchev–Trinajstić information content (AvgIpc) is 1.87. The summed E-state index contributed by atoms with van der Waals surface area (Å²) >= 11 is 0. The number of hydrogen-bond donors (Lipinski definition) is 2. The molecule has 0 spiro atoms. The van der Waals surface area contributed by atoms with Crippen LogP contribution in [-0.2, 0) is 13.9 Å². The lowest BCUT2D eigenvalue weighted by Gasteiger charge is -2.11. The topological polar surface area (TPSA) is 68.2 Å². The van der Waals surface area contributed by atoms with E-state index in [2.05, 4.69) is 4.57 Å². The van der Waals surface area contributed by atoms with Crippen LogP contribution in [0.4, 0.5) is 0 Å². The zero-order valence-corrected chi connectivity index (χ0v) is 6.69. The van der Waals surface area contributed by atoms with Crippen molar-refractivity contribution in [3.05, 3.63) is 0 Å². The molecule has 7 heteroatoms. The van der Waals surface area contributed by atoms with E-state index in [-0.39, 0.29) is 0 Å². The molecule has 0 bridgehead atoms. The standard InChI is InChI=1S/C4H12B2O5/c1-3-9-6(10-4-2)11-5(7)8/h7-8H,3-4H2,1-2H3. The van der Waals surface area contributed by atoms with Crippen molar-refractivity contribution < 1.29 is 23.9 Å². The normalized spacial score (nSPS) is 9.82. The summed E-state index contributed by atoms with van der Waals surface area (Å²) in [6, 6.07) is 0. The Kier molecular flexibility index (Phi) is 6.59. The van der Waals surface area contributed by atoms with Gasteiger partial charge in [-0.25, -0.2) is 0 Å². The second kappa shape index (κ2) is 6.63. The maximum Gasteiger partial charge on any atom is 0.627 e. The van der Waals surface area contributed by atoms with Crippen LogP contribution < -0.4 is 0 Å². The van der Waals surface area contributed by atoms with Crippen LogP contribution in [0.5, 0.6) is 0 Å². The minimum atomic E-state index is -1.86. The molecule has 0 amide bonds. The van der Waals surface area contributed by atoms with Gasteiger partial charge in [0, 0.05) is 13.2 Å². The summed E-state index contributed by atoms with van der Waals surface area (Å²) in [5.41, 5.74) is 0. The molecule has 11 heavy (non-hydrogen) atoms. The Morgan fingerprint density at radius 3 is 1.82 bits per heavy atom. The molecule has 0 aliphatic heterocycles. The van der Waals surface area contributed by atoms with Crippen LogP contribution in [0.15, 0.2) is 0 Å². The molecule has 0 aliphatic carbocycles. The maximum atomic E-state index is 8.35. The van der Waals surface area contributed by atoms with Gasteiger partial charge in [0.25, 0.3) is 0 Å². The summed E-state index contributed by atoms with van der Waals surface area (Å²) < 4.78 is 14.1. The van der Waals surface area contributed by atoms with Gasteiger partial charge in [-0.15, -0.1) is 0 Å². The molecule has 0 saturated carbocycles. The number of hydrogen-bond acceptors (Lipinski definition) is 5. The second-order valence-corrected chi connectivity index (χ2v) is 1.66. The highest BCUT2D eigenvalue weighted by molar-refractivity contribution is 6.50. The fourth-order valence-electron chi connectivity index (χ4n) is 0.498. The molecule has 0 aliphatic rings. The zero-order chi connectivity index (χ0) is 8.69. The van der Waals surface area contributed by atoms with Gasteiger partial charge in [0.2, 0.25) is 0 Å². The Bertz CT molecular complexity index is 84.6. The molecule has 0 atom stereocenters. The Morgan fingerprint density at radius 1 is 1.09 bits per heavy atom. The lowest BCUT2D eigenvalue weighted by atomic mass is 10.1. The van der Waals surface area contributed by atoms with E-state index in [0.29, 0.717) is 13.2 Å².